The van der Waals surface area contributed by atoms with Crippen molar-refractivity contribution in [1.82, 2.24) is 0 Å². The summed E-state index contributed by atoms with van der Waals surface area (Å²) in [6.45, 7) is 0. The van der Waals surface area contributed by atoms with Crippen molar-refractivity contribution in [2.75, 3.05) is 10.6 Å². The quantitative estimate of drug-likeness (QED) is 0.0584. The van der Waals surface area contributed by atoms with Crippen molar-refractivity contribution < 1.29 is 49.1 Å². The van der Waals surface area contributed by atoms with Gasteiger partial charge in [0, 0.05) is 35.6 Å². The SMILES string of the molecule is O=C(/C=C([O-])/C=C/c1ccc([N+](=O)[O-])cc1)Nc1ccccc1.O=C(/C=C([O-])/C=C/c1ccc([N+](=O)[O-])cc1)Nc1ccccc1.[Zn+2]. The average molecular weight is 684 g/mol. The first-order valence-corrected chi connectivity index (χ1v) is 13.4. The molecule has 2 N–H and O–H groups in total. The van der Waals surface area contributed by atoms with Gasteiger partial charge in [0.05, 0.1) is 9.85 Å². The maximum atomic E-state index is 11.7. The van der Waals surface area contributed by atoms with Gasteiger partial charge < -0.3 is 20.8 Å². The Balaban J connectivity index is 0.000000320. The number of non-ortho nitro benzene ring substituents is 2. The maximum absolute atomic E-state index is 11.7. The fourth-order valence-electron chi connectivity index (χ4n) is 3.53. The maximum Gasteiger partial charge on any atom is 2.00 e. The zero-order valence-corrected chi connectivity index (χ0v) is 27.7. The van der Waals surface area contributed by atoms with Gasteiger partial charge in [0.1, 0.15) is 0 Å². The van der Waals surface area contributed by atoms with Crippen LogP contribution in [0.15, 0.2) is 145 Å². The Morgan fingerprint density at radius 2 is 0.851 bits per heavy atom. The third-order valence-electron chi connectivity index (χ3n) is 5.72. The molecule has 0 saturated heterocycles. The summed E-state index contributed by atoms with van der Waals surface area (Å²) in [6.07, 6.45) is 7.30. The van der Waals surface area contributed by atoms with Crippen LogP contribution in [-0.4, -0.2) is 21.7 Å². The van der Waals surface area contributed by atoms with Crippen molar-refractivity contribution in [1.29, 1.82) is 0 Å². The second-order valence-electron chi connectivity index (χ2n) is 9.17. The van der Waals surface area contributed by atoms with Crippen LogP contribution in [0.1, 0.15) is 11.1 Å². The molecule has 4 aromatic rings. The Morgan fingerprint density at radius 3 is 1.15 bits per heavy atom. The fraction of sp³-hybridized carbons (Fsp3) is 0. The number of carbonyl (C=O) groups is 2. The van der Waals surface area contributed by atoms with E-state index in [1.165, 1.54) is 72.8 Å². The van der Waals surface area contributed by atoms with Crippen LogP contribution in [0.3, 0.4) is 0 Å². The molecule has 0 aliphatic heterocycles. The summed E-state index contributed by atoms with van der Waals surface area (Å²) in [5.41, 5.74) is 2.40. The summed E-state index contributed by atoms with van der Waals surface area (Å²) >= 11 is 0. The van der Waals surface area contributed by atoms with E-state index in [4.69, 9.17) is 0 Å². The topological polar surface area (TPSA) is 191 Å². The normalized spacial score (nSPS) is 11.1. The van der Waals surface area contributed by atoms with E-state index in [0.717, 1.165) is 12.2 Å². The Bertz CT molecular complexity index is 1640. The minimum Gasteiger partial charge on any atom is -0.872 e. The minimum absolute atomic E-state index is 0. The summed E-state index contributed by atoms with van der Waals surface area (Å²) in [5.74, 6) is -1.99. The van der Waals surface area contributed by atoms with E-state index in [0.29, 0.717) is 22.5 Å². The summed E-state index contributed by atoms with van der Waals surface area (Å²) in [7, 11) is 0. The van der Waals surface area contributed by atoms with Crippen LogP contribution in [0.2, 0.25) is 0 Å². The first-order chi connectivity index (χ1) is 22.1. The molecule has 4 aromatic carbocycles. The molecule has 47 heavy (non-hydrogen) atoms. The largest absolute Gasteiger partial charge is 2.00 e. The Hall–Kier alpha value is -6.20. The number of hydrogen-bond donors (Lipinski definition) is 2. The molecule has 4 rings (SSSR count). The number of para-hydroxylation sites is 2. The number of nitro benzene ring substituents is 2. The number of rotatable bonds is 10. The van der Waals surface area contributed by atoms with E-state index in [1.807, 2.05) is 12.1 Å². The summed E-state index contributed by atoms with van der Waals surface area (Å²) in [5, 5.41) is 49.6. The molecule has 2 amide bonds. The summed E-state index contributed by atoms with van der Waals surface area (Å²) in [4.78, 5) is 43.4. The second-order valence-corrected chi connectivity index (χ2v) is 9.17. The summed E-state index contributed by atoms with van der Waals surface area (Å²) in [6, 6.07) is 29.0. The van der Waals surface area contributed by atoms with Gasteiger partial charge in [-0.1, -0.05) is 60.7 Å². The molecule has 0 spiro atoms. The van der Waals surface area contributed by atoms with Gasteiger partial charge in [0.25, 0.3) is 11.4 Å². The van der Waals surface area contributed by atoms with Gasteiger partial charge in [-0.2, -0.15) is 0 Å². The third kappa shape index (κ3) is 14.0. The van der Waals surface area contributed by atoms with E-state index in [2.05, 4.69) is 10.6 Å². The van der Waals surface area contributed by atoms with E-state index in [9.17, 15) is 40.0 Å². The molecule has 0 aliphatic carbocycles. The van der Waals surface area contributed by atoms with Gasteiger partial charge in [0.15, 0.2) is 0 Å². The molecule has 0 fully saturated rings. The van der Waals surface area contributed by atoms with E-state index >= 15 is 0 Å². The van der Waals surface area contributed by atoms with Crippen LogP contribution >= 0.6 is 0 Å². The van der Waals surface area contributed by atoms with Crippen molar-refractivity contribution in [3.05, 3.63) is 176 Å². The van der Waals surface area contributed by atoms with E-state index in [1.54, 1.807) is 48.5 Å². The van der Waals surface area contributed by atoms with Crippen LogP contribution < -0.4 is 20.8 Å². The number of amides is 2. The molecular weight excluding hydrogens is 658 g/mol. The van der Waals surface area contributed by atoms with Gasteiger partial charge in [-0.15, -0.1) is 11.5 Å². The van der Waals surface area contributed by atoms with E-state index in [-0.39, 0.29) is 30.9 Å². The van der Waals surface area contributed by atoms with Crippen molar-refractivity contribution in [2.45, 2.75) is 0 Å². The fourth-order valence-corrected chi connectivity index (χ4v) is 3.53. The van der Waals surface area contributed by atoms with Crippen molar-refractivity contribution >= 4 is 46.7 Å². The molecule has 0 heterocycles. The molecule has 0 bridgehead atoms. The minimum atomic E-state index is -0.519. The third-order valence-corrected chi connectivity index (χ3v) is 5.72. The number of benzene rings is 4. The Morgan fingerprint density at radius 1 is 0.532 bits per heavy atom. The first-order valence-electron chi connectivity index (χ1n) is 13.4. The van der Waals surface area contributed by atoms with Crippen LogP contribution in [0.5, 0.6) is 0 Å². The predicted molar refractivity (Wildman–Crippen MR) is 171 cm³/mol. The first kappa shape index (κ1) is 37.0. The molecule has 13 heteroatoms. The number of allylic oxidation sites excluding steroid dienone is 2. The van der Waals surface area contributed by atoms with Crippen LogP contribution in [0.4, 0.5) is 22.7 Å². The molecule has 0 unspecified atom stereocenters. The van der Waals surface area contributed by atoms with Gasteiger partial charge in [-0.3, -0.25) is 29.8 Å². The molecule has 0 aliphatic rings. The molecule has 0 saturated carbocycles. The van der Waals surface area contributed by atoms with Crippen LogP contribution in [0, 0.1) is 20.2 Å². The van der Waals surface area contributed by atoms with E-state index < -0.39 is 33.2 Å². The predicted octanol–water partition coefficient (Wildman–Crippen LogP) is 4.98. The molecule has 232 valence electrons. The number of anilines is 2. The number of nitrogens with one attached hydrogen (secondary N) is 2. The van der Waals surface area contributed by atoms with Gasteiger partial charge in [0.2, 0.25) is 11.8 Å². The zero-order valence-electron chi connectivity index (χ0n) is 24.7. The zero-order chi connectivity index (χ0) is 33.3. The van der Waals surface area contributed by atoms with Gasteiger partial charge >= 0.3 is 19.5 Å². The number of carbonyl (C=O) groups excluding carboxylic acids is 2. The molecular formula is C34H26N4O8Zn. The average Bonchev–Trinajstić information content (AvgIpc) is 3.04. The van der Waals surface area contributed by atoms with Crippen LogP contribution in [-0.2, 0) is 29.1 Å². The second kappa shape index (κ2) is 19.2. The summed E-state index contributed by atoms with van der Waals surface area (Å²) < 4.78 is 0. The van der Waals surface area contributed by atoms with Gasteiger partial charge in [-0.25, -0.2) is 0 Å². The van der Waals surface area contributed by atoms with Crippen molar-refractivity contribution in [3.63, 3.8) is 0 Å². The molecule has 0 atom stereocenters. The Labute approximate surface area is 282 Å². The smallest absolute Gasteiger partial charge is 0.872 e. The van der Waals surface area contributed by atoms with Crippen molar-refractivity contribution in [3.8, 4) is 0 Å². The molecule has 0 aromatic heterocycles. The molecule has 0 radical (unpaired) electrons. The Kier molecular flexibility index (Phi) is 15.1. The number of hydrogen-bond acceptors (Lipinski definition) is 8. The molecule has 12 nitrogen and oxygen atoms in total. The van der Waals surface area contributed by atoms with Gasteiger partial charge in [-0.05, 0) is 71.8 Å². The van der Waals surface area contributed by atoms with Crippen molar-refractivity contribution in [2.24, 2.45) is 0 Å². The monoisotopic (exact) mass is 682 g/mol. The number of nitrogens with zero attached hydrogens (tertiary/aromatic N) is 2. The number of nitro groups is 2. The standard InChI is InChI=1S/2C17H14N2O4.Zn/c2*20-16(12-17(21)18-14-4-2-1-3-5-14)11-8-13-6-9-15(10-7-13)19(22)23;/h2*1-12,20H,(H,18,21);/q;;+2/p-2/b2*11-8+,16-12-;. The van der Waals surface area contributed by atoms with Crippen LogP contribution in [0.25, 0.3) is 12.2 Å².